The second kappa shape index (κ2) is 5.23. The minimum absolute atomic E-state index is 0.0331. The topological polar surface area (TPSA) is 67.0 Å². The molecule has 0 aromatic carbocycles. The summed E-state index contributed by atoms with van der Waals surface area (Å²) in [7, 11) is 0. The highest BCUT2D eigenvalue weighted by Crippen LogP contribution is 2.24. The lowest BCUT2D eigenvalue weighted by molar-refractivity contribution is 0.104. The molecule has 1 aromatic heterocycles. The van der Waals surface area contributed by atoms with Gasteiger partial charge in [-0.2, -0.15) is 0 Å². The van der Waals surface area contributed by atoms with Gasteiger partial charge in [0.15, 0.2) is 0 Å². The molecule has 1 aliphatic heterocycles. The quantitative estimate of drug-likeness (QED) is 0.789. The van der Waals surface area contributed by atoms with Gasteiger partial charge in [0.25, 0.3) is 5.56 Å². The third kappa shape index (κ3) is 2.68. The zero-order valence-electron chi connectivity index (χ0n) is 9.45. The van der Waals surface area contributed by atoms with E-state index in [2.05, 4.69) is 15.3 Å². The first-order valence-corrected chi connectivity index (χ1v) is 5.72. The largest absolute Gasteiger partial charge is 0.370 e. The number of aromatic amines is 1. The van der Waals surface area contributed by atoms with Crippen LogP contribution in [0.2, 0.25) is 0 Å². The van der Waals surface area contributed by atoms with Gasteiger partial charge in [-0.05, 0) is 19.4 Å². The van der Waals surface area contributed by atoms with Gasteiger partial charge < -0.3 is 15.0 Å². The molecular formula is C11H17N3O2. The maximum absolute atomic E-state index is 11.5. The van der Waals surface area contributed by atoms with Gasteiger partial charge in [-0.25, -0.2) is 4.98 Å². The number of H-pyrrole nitrogens is 1. The van der Waals surface area contributed by atoms with Crippen LogP contribution in [-0.4, -0.2) is 23.1 Å². The third-order valence-electron chi connectivity index (χ3n) is 2.60. The highest BCUT2D eigenvalue weighted by molar-refractivity contribution is 5.05. The molecule has 2 heterocycles. The number of hydrogen-bond acceptors (Lipinski definition) is 4. The smallest absolute Gasteiger partial charge is 0.251 e. The van der Waals surface area contributed by atoms with Crippen molar-refractivity contribution in [3.63, 3.8) is 0 Å². The van der Waals surface area contributed by atoms with Crippen LogP contribution in [0.3, 0.4) is 0 Å². The summed E-state index contributed by atoms with van der Waals surface area (Å²) in [6.07, 6.45) is 1.94. The Balaban J connectivity index is 2.17. The van der Waals surface area contributed by atoms with E-state index in [4.69, 9.17) is 4.74 Å². The third-order valence-corrected chi connectivity index (χ3v) is 2.60. The summed E-state index contributed by atoms with van der Waals surface area (Å²) in [5.41, 5.74) is 0.671. The van der Waals surface area contributed by atoms with Gasteiger partial charge in [0.2, 0.25) is 0 Å². The van der Waals surface area contributed by atoms with Crippen molar-refractivity contribution in [3.8, 4) is 0 Å². The molecule has 1 saturated heterocycles. The Bertz CT molecular complexity index is 396. The molecule has 0 radical (unpaired) electrons. The van der Waals surface area contributed by atoms with E-state index in [1.807, 2.05) is 6.92 Å². The molecule has 1 fully saturated rings. The maximum atomic E-state index is 11.5. The van der Waals surface area contributed by atoms with Crippen molar-refractivity contribution < 1.29 is 4.74 Å². The first kappa shape index (κ1) is 11.3. The molecule has 0 spiro atoms. The Morgan fingerprint density at radius 1 is 1.69 bits per heavy atom. The van der Waals surface area contributed by atoms with E-state index in [0.29, 0.717) is 12.4 Å². The molecule has 0 bridgehead atoms. The van der Waals surface area contributed by atoms with Gasteiger partial charge in [0.1, 0.15) is 11.9 Å². The minimum Gasteiger partial charge on any atom is -0.370 e. The van der Waals surface area contributed by atoms with Crippen LogP contribution < -0.4 is 10.9 Å². The molecule has 1 atom stereocenters. The van der Waals surface area contributed by atoms with E-state index in [1.54, 1.807) is 0 Å². The lowest BCUT2D eigenvalue weighted by atomic mass is 10.2. The van der Waals surface area contributed by atoms with Gasteiger partial charge in [-0.1, -0.05) is 6.92 Å². The summed E-state index contributed by atoms with van der Waals surface area (Å²) in [6.45, 7) is 4.27. The van der Waals surface area contributed by atoms with Gasteiger partial charge in [0.05, 0.1) is 5.69 Å². The molecule has 5 nitrogen and oxygen atoms in total. The Morgan fingerprint density at radius 2 is 2.56 bits per heavy atom. The summed E-state index contributed by atoms with van der Waals surface area (Å²) in [5.74, 6) is 0.665. The lowest BCUT2D eigenvalue weighted by Gasteiger charge is -2.09. The van der Waals surface area contributed by atoms with Crippen LogP contribution in [0.1, 0.15) is 37.4 Å². The SMILES string of the molecule is CCNCc1cc(=O)[nH]c(C2CCCO2)n1. The van der Waals surface area contributed by atoms with Gasteiger partial charge in [0, 0.05) is 19.2 Å². The second-order valence-corrected chi connectivity index (χ2v) is 3.90. The molecule has 2 N–H and O–H groups in total. The van der Waals surface area contributed by atoms with Crippen LogP contribution in [0.25, 0.3) is 0 Å². The fourth-order valence-electron chi connectivity index (χ4n) is 1.82. The van der Waals surface area contributed by atoms with Crippen molar-refractivity contribution >= 4 is 0 Å². The number of hydrogen-bond donors (Lipinski definition) is 2. The van der Waals surface area contributed by atoms with Crippen molar-refractivity contribution in [2.45, 2.75) is 32.4 Å². The van der Waals surface area contributed by atoms with Crippen molar-refractivity contribution in [3.05, 3.63) is 27.9 Å². The average Bonchev–Trinajstić information content (AvgIpc) is 2.79. The number of nitrogens with one attached hydrogen (secondary N) is 2. The Kier molecular flexibility index (Phi) is 3.69. The van der Waals surface area contributed by atoms with E-state index in [0.717, 1.165) is 31.7 Å². The zero-order chi connectivity index (χ0) is 11.4. The molecule has 5 heteroatoms. The van der Waals surface area contributed by atoms with Crippen molar-refractivity contribution in [1.82, 2.24) is 15.3 Å². The predicted octanol–water partition coefficient (Wildman–Crippen LogP) is 0.731. The van der Waals surface area contributed by atoms with Gasteiger partial charge >= 0.3 is 0 Å². The first-order chi connectivity index (χ1) is 7.79. The fraction of sp³-hybridized carbons (Fsp3) is 0.636. The maximum Gasteiger partial charge on any atom is 0.251 e. The van der Waals surface area contributed by atoms with E-state index < -0.39 is 0 Å². The lowest BCUT2D eigenvalue weighted by Crippen LogP contribution is -2.20. The van der Waals surface area contributed by atoms with E-state index in [1.165, 1.54) is 6.07 Å². The van der Waals surface area contributed by atoms with Crippen molar-refractivity contribution in [2.24, 2.45) is 0 Å². The van der Waals surface area contributed by atoms with Gasteiger partial charge in [-0.3, -0.25) is 4.79 Å². The van der Waals surface area contributed by atoms with Gasteiger partial charge in [-0.15, -0.1) is 0 Å². The molecule has 2 rings (SSSR count). The van der Waals surface area contributed by atoms with Crippen LogP contribution >= 0.6 is 0 Å². The summed E-state index contributed by atoms with van der Waals surface area (Å²) in [4.78, 5) is 18.6. The monoisotopic (exact) mass is 223 g/mol. The zero-order valence-corrected chi connectivity index (χ0v) is 9.45. The normalized spacial score (nSPS) is 20.2. The Morgan fingerprint density at radius 3 is 3.25 bits per heavy atom. The predicted molar refractivity (Wildman–Crippen MR) is 60.2 cm³/mol. The number of ether oxygens (including phenoxy) is 1. The molecule has 1 aromatic rings. The molecular weight excluding hydrogens is 206 g/mol. The van der Waals surface area contributed by atoms with Crippen LogP contribution in [0, 0.1) is 0 Å². The number of aromatic nitrogens is 2. The molecule has 1 unspecified atom stereocenters. The average molecular weight is 223 g/mol. The Hall–Kier alpha value is -1.20. The number of nitrogens with zero attached hydrogens (tertiary/aromatic N) is 1. The van der Waals surface area contributed by atoms with E-state index in [-0.39, 0.29) is 11.7 Å². The van der Waals surface area contributed by atoms with Crippen LogP contribution in [0.15, 0.2) is 10.9 Å². The molecule has 0 aliphatic carbocycles. The molecule has 16 heavy (non-hydrogen) atoms. The van der Waals surface area contributed by atoms with Crippen LogP contribution in [0.4, 0.5) is 0 Å². The highest BCUT2D eigenvalue weighted by atomic mass is 16.5. The summed E-state index contributed by atoms with van der Waals surface area (Å²) < 4.78 is 5.50. The molecule has 88 valence electrons. The molecule has 0 saturated carbocycles. The molecule has 0 amide bonds. The van der Waals surface area contributed by atoms with Crippen molar-refractivity contribution in [2.75, 3.05) is 13.2 Å². The standard InChI is InChI=1S/C11H17N3O2/c1-2-12-7-8-6-10(15)14-11(13-8)9-4-3-5-16-9/h6,9,12H,2-5,7H2,1H3,(H,13,14,15). The van der Waals surface area contributed by atoms with E-state index >= 15 is 0 Å². The van der Waals surface area contributed by atoms with Crippen molar-refractivity contribution in [1.29, 1.82) is 0 Å². The van der Waals surface area contributed by atoms with Crippen LogP contribution in [-0.2, 0) is 11.3 Å². The summed E-state index contributed by atoms with van der Waals surface area (Å²) >= 11 is 0. The first-order valence-electron chi connectivity index (χ1n) is 5.72. The second-order valence-electron chi connectivity index (χ2n) is 3.90. The fourth-order valence-corrected chi connectivity index (χ4v) is 1.82. The van der Waals surface area contributed by atoms with E-state index in [9.17, 15) is 4.79 Å². The number of rotatable bonds is 4. The summed E-state index contributed by atoms with van der Waals surface area (Å²) in [6, 6.07) is 1.53. The molecule has 1 aliphatic rings. The minimum atomic E-state index is -0.103. The highest BCUT2D eigenvalue weighted by Gasteiger charge is 2.20. The Labute approximate surface area is 94.2 Å². The van der Waals surface area contributed by atoms with Crippen LogP contribution in [0.5, 0.6) is 0 Å². The summed E-state index contributed by atoms with van der Waals surface area (Å²) in [5, 5.41) is 3.15.